The Balaban J connectivity index is 2.18. The molecule has 26 heavy (non-hydrogen) atoms. The third-order valence-electron chi connectivity index (χ3n) is 3.74. The van der Waals surface area contributed by atoms with Crippen molar-refractivity contribution in [2.24, 2.45) is 26.2 Å². The van der Waals surface area contributed by atoms with Gasteiger partial charge in [0, 0.05) is 40.5 Å². The van der Waals surface area contributed by atoms with Crippen LogP contribution in [0.5, 0.6) is 0 Å². The predicted octanol–water partition coefficient (Wildman–Crippen LogP) is 3.65. The maximum atomic E-state index is 13.5. The number of nitrogens with zero attached hydrogens (tertiary/aromatic N) is 5. The number of halogens is 2. The Morgan fingerprint density at radius 1 is 1.42 bits per heavy atom. The molecular weight excluding hydrogens is 377 g/mol. The molecule has 1 atom stereocenters. The summed E-state index contributed by atoms with van der Waals surface area (Å²) >= 11 is 7.74. The highest BCUT2D eigenvalue weighted by molar-refractivity contribution is 7.11. The fourth-order valence-electron chi connectivity index (χ4n) is 2.64. The highest BCUT2D eigenvalue weighted by Gasteiger charge is 2.30. The Kier molecular flexibility index (Phi) is 5.38. The van der Waals surface area contributed by atoms with Crippen LogP contribution in [-0.2, 0) is 0 Å². The summed E-state index contributed by atoms with van der Waals surface area (Å²) in [5, 5.41) is 13.3. The number of aromatic nitrogens is 1. The van der Waals surface area contributed by atoms with Gasteiger partial charge >= 0.3 is 0 Å². The molecule has 1 aliphatic heterocycles. The normalized spacial score (nSPS) is 18.2. The van der Waals surface area contributed by atoms with Gasteiger partial charge in [0.1, 0.15) is 11.9 Å². The summed E-state index contributed by atoms with van der Waals surface area (Å²) in [5.41, 5.74) is 2.02. The number of thiazole rings is 1. The molecule has 0 amide bonds. The minimum atomic E-state index is -0.563. The first-order chi connectivity index (χ1) is 12.5. The minimum Gasteiger partial charge on any atom is -0.341 e. The molecule has 2 heterocycles. The summed E-state index contributed by atoms with van der Waals surface area (Å²) in [4.78, 5) is 13.2. The van der Waals surface area contributed by atoms with Crippen LogP contribution in [-0.4, -0.2) is 23.7 Å². The molecule has 1 aromatic heterocycles. The molecule has 0 spiro atoms. The fourth-order valence-corrected chi connectivity index (χ4v) is 3.50. The zero-order valence-corrected chi connectivity index (χ0v) is 15.5. The molecule has 134 valence electrons. The third-order valence-corrected chi connectivity index (χ3v) is 4.85. The highest BCUT2D eigenvalue weighted by atomic mass is 35.5. The first-order valence-electron chi connectivity index (χ1n) is 7.53. The maximum absolute atomic E-state index is 13.5. The predicted molar refractivity (Wildman–Crippen MR) is 101 cm³/mol. The van der Waals surface area contributed by atoms with Gasteiger partial charge in [0.25, 0.3) is 0 Å². The molecule has 0 saturated carbocycles. The number of hydrogen-bond donors (Lipinski definition) is 2. The van der Waals surface area contributed by atoms with Gasteiger partial charge in [-0.25, -0.2) is 9.37 Å². The van der Waals surface area contributed by atoms with Crippen molar-refractivity contribution < 1.29 is 4.39 Å². The van der Waals surface area contributed by atoms with Crippen LogP contribution in [0.1, 0.15) is 23.5 Å². The summed E-state index contributed by atoms with van der Waals surface area (Å²) in [6.07, 6.45) is 1.69. The highest BCUT2D eigenvalue weighted by Crippen LogP contribution is 2.36. The third kappa shape index (κ3) is 3.49. The Bertz CT molecular complexity index is 934. The van der Waals surface area contributed by atoms with Crippen molar-refractivity contribution in [3.05, 3.63) is 62.5 Å². The SMILES string of the molecule is CN=C(N=NN)C1=C(C)NC(c2nccs2)=NC1c1ccc(F)cc1Cl. The molecule has 3 rings (SSSR count). The number of amidine groups is 2. The number of allylic oxidation sites excluding steroid dienone is 1. The zero-order chi connectivity index (χ0) is 18.7. The van der Waals surface area contributed by atoms with E-state index < -0.39 is 11.9 Å². The van der Waals surface area contributed by atoms with E-state index in [0.29, 0.717) is 22.8 Å². The first kappa shape index (κ1) is 18.2. The molecule has 0 bridgehead atoms. The van der Waals surface area contributed by atoms with E-state index >= 15 is 0 Å². The Morgan fingerprint density at radius 3 is 2.85 bits per heavy atom. The van der Waals surface area contributed by atoms with Gasteiger partial charge in [0.05, 0.1) is 0 Å². The number of rotatable bonds is 3. The van der Waals surface area contributed by atoms with E-state index in [9.17, 15) is 4.39 Å². The van der Waals surface area contributed by atoms with Gasteiger partial charge in [-0.1, -0.05) is 22.9 Å². The molecule has 1 aliphatic rings. The van der Waals surface area contributed by atoms with Crippen LogP contribution in [0, 0.1) is 5.82 Å². The largest absolute Gasteiger partial charge is 0.341 e. The lowest BCUT2D eigenvalue weighted by molar-refractivity contribution is 0.626. The van der Waals surface area contributed by atoms with Gasteiger partial charge < -0.3 is 11.2 Å². The number of aliphatic imine (C=N–C) groups is 2. The van der Waals surface area contributed by atoms with Crippen molar-refractivity contribution in [3.8, 4) is 0 Å². The molecule has 0 saturated heterocycles. The van der Waals surface area contributed by atoms with E-state index in [0.717, 1.165) is 10.7 Å². The maximum Gasteiger partial charge on any atom is 0.178 e. The van der Waals surface area contributed by atoms with Gasteiger partial charge in [-0.3, -0.25) is 9.98 Å². The molecule has 1 unspecified atom stereocenters. The van der Waals surface area contributed by atoms with Crippen LogP contribution in [0.4, 0.5) is 4.39 Å². The average Bonchev–Trinajstić information content (AvgIpc) is 3.14. The van der Waals surface area contributed by atoms with Crippen molar-refractivity contribution in [3.63, 3.8) is 0 Å². The summed E-state index contributed by atoms with van der Waals surface area (Å²) in [7, 11) is 1.58. The van der Waals surface area contributed by atoms with Crippen molar-refractivity contribution >= 4 is 34.6 Å². The standard InChI is InChI=1S/C16H15ClFN7S/c1-8-12(14(20-2)24-25-19)13(10-4-3-9(18)7-11(10)17)23-15(22-8)16-21-5-6-26-16/h3-7,13H,1-2H3,(H,22,23)(H2,19,20,24). The van der Waals surface area contributed by atoms with E-state index in [4.69, 9.17) is 22.4 Å². The average molecular weight is 392 g/mol. The molecule has 0 radical (unpaired) electrons. The van der Waals surface area contributed by atoms with Gasteiger partial charge in [-0.05, 0) is 19.1 Å². The lowest BCUT2D eigenvalue weighted by Crippen LogP contribution is -2.32. The molecule has 2 aromatic rings. The Hall–Kier alpha value is -2.65. The van der Waals surface area contributed by atoms with Crippen LogP contribution >= 0.6 is 22.9 Å². The first-order valence-corrected chi connectivity index (χ1v) is 8.79. The number of nitrogens with two attached hydrogens (primary N) is 1. The number of nitrogens with one attached hydrogen (secondary N) is 1. The monoisotopic (exact) mass is 391 g/mol. The number of hydrogen-bond acceptors (Lipinski definition) is 6. The molecule has 7 nitrogen and oxygen atoms in total. The summed E-state index contributed by atoms with van der Waals surface area (Å²) < 4.78 is 13.5. The van der Waals surface area contributed by atoms with Crippen LogP contribution in [0.25, 0.3) is 0 Å². The molecule has 0 fully saturated rings. The van der Waals surface area contributed by atoms with E-state index in [1.54, 1.807) is 19.3 Å². The van der Waals surface area contributed by atoms with Crippen molar-refractivity contribution in [1.82, 2.24) is 10.3 Å². The summed E-state index contributed by atoms with van der Waals surface area (Å²) in [6, 6.07) is 3.61. The second kappa shape index (κ2) is 7.71. The molecule has 1 aromatic carbocycles. The molecule has 0 aliphatic carbocycles. The topological polar surface area (TPSA) is 100 Å². The number of benzene rings is 1. The second-order valence-electron chi connectivity index (χ2n) is 5.31. The van der Waals surface area contributed by atoms with Crippen LogP contribution in [0.2, 0.25) is 5.02 Å². The molecular formula is C16H15ClFN7S. The Labute approximate surface area is 158 Å². The Morgan fingerprint density at radius 2 is 2.23 bits per heavy atom. The van der Waals surface area contributed by atoms with Crippen molar-refractivity contribution in [2.45, 2.75) is 13.0 Å². The van der Waals surface area contributed by atoms with E-state index in [2.05, 4.69) is 25.6 Å². The smallest absolute Gasteiger partial charge is 0.178 e. The summed E-state index contributed by atoms with van der Waals surface area (Å²) in [5.74, 6) is 5.68. The van der Waals surface area contributed by atoms with E-state index in [-0.39, 0.29) is 5.02 Å². The van der Waals surface area contributed by atoms with Gasteiger partial charge in [0.2, 0.25) is 0 Å². The van der Waals surface area contributed by atoms with Crippen LogP contribution < -0.4 is 11.2 Å². The van der Waals surface area contributed by atoms with E-state index in [1.807, 2.05) is 12.3 Å². The minimum absolute atomic E-state index is 0.254. The fraction of sp³-hybridized carbons (Fsp3) is 0.188. The summed E-state index contributed by atoms with van der Waals surface area (Å²) in [6.45, 7) is 1.86. The zero-order valence-electron chi connectivity index (χ0n) is 13.9. The van der Waals surface area contributed by atoms with Gasteiger partial charge in [-0.2, -0.15) is 0 Å². The van der Waals surface area contributed by atoms with Crippen LogP contribution in [0.15, 0.2) is 61.4 Å². The van der Waals surface area contributed by atoms with E-state index in [1.165, 1.54) is 23.5 Å². The lowest BCUT2D eigenvalue weighted by atomic mass is 9.95. The van der Waals surface area contributed by atoms with Crippen LogP contribution in [0.3, 0.4) is 0 Å². The lowest BCUT2D eigenvalue weighted by Gasteiger charge is -2.26. The second-order valence-corrected chi connectivity index (χ2v) is 6.61. The van der Waals surface area contributed by atoms with Gasteiger partial charge in [0.15, 0.2) is 16.7 Å². The van der Waals surface area contributed by atoms with Gasteiger partial charge in [-0.15, -0.1) is 16.5 Å². The molecule has 3 N–H and O–H groups in total. The molecule has 10 heteroatoms. The van der Waals surface area contributed by atoms with Crippen molar-refractivity contribution in [2.75, 3.05) is 7.05 Å². The quantitative estimate of drug-likeness (QED) is 0.274. The van der Waals surface area contributed by atoms with Crippen molar-refractivity contribution in [1.29, 1.82) is 0 Å².